The first-order valence-electron chi connectivity index (χ1n) is 8.09. The molecule has 0 bridgehead atoms. The Morgan fingerprint density at radius 1 is 1.38 bits per heavy atom. The van der Waals surface area contributed by atoms with Crippen LogP contribution in [-0.2, 0) is 24.6 Å². The molecule has 1 heterocycles. The van der Waals surface area contributed by atoms with Crippen molar-refractivity contribution in [2.24, 2.45) is 7.05 Å². The highest BCUT2D eigenvalue weighted by molar-refractivity contribution is 6.31. The summed E-state index contributed by atoms with van der Waals surface area (Å²) < 4.78 is 8.12. The van der Waals surface area contributed by atoms with Crippen molar-refractivity contribution in [3.63, 3.8) is 0 Å². The third kappa shape index (κ3) is 3.27. The maximum Gasteiger partial charge on any atom is 0.0850 e. The fraction of sp³-hybridized carbons (Fsp3) is 0.812. The molecule has 21 heavy (non-hydrogen) atoms. The number of hydrogen-bond acceptors (Lipinski definition) is 3. The van der Waals surface area contributed by atoms with Gasteiger partial charge in [0.05, 0.1) is 22.0 Å². The van der Waals surface area contributed by atoms with E-state index in [0.717, 1.165) is 48.7 Å². The lowest BCUT2D eigenvalue weighted by Crippen LogP contribution is -2.51. The summed E-state index contributed by atoms with van der Waals surface area (Å²) in [7, 11) is 4.00. The largest absolute Gasteiger partial charge is 0.374 e. The number of aryl methyl sites for hydroxylation is 2. The van der Waals surface area contributed by atoms with E-state index in [9.17, 15) is 0 Å². The number of rotatable bonds is 7. The van der Waals surface area contributed by atoms with Crippen molar-refractivity contribution >= 4 is 11.6 Å². The number of nitrogens with one attached hydrogen (secondary N) is 1. The highest BCUT2D eigenvalue weighted by Crippen LogP contribution is 2.38. The van der Waals surface area contributed by atoms with Gasteiger partial charge in [-0.1, -0.05) is 31.4 Å². The average Bonchev–Trinajstić information content (AvgIpc) is 3.04. The molecule has 4 nitrogen and oxygen atoms in total. The molecule has 0 aliphatic heterocycles. The van der Waals surface area contributed by atoms with E-state index in [-0.39, 0.29) is 11.6 Å². The summed E-state index contributed by atoms with van der Waals surface area (Å²) >= 11 is 6.51. The zero-order valence-electron chi connectivity index (χ0n) is 13.7. The van der Waals surface area contributed by atoms with Crippen molar-refractivity contribution in [3.8, 4) is 0 Å². The van der Waals surface area contributed by atoms with Crippen molar-refractivity contribution in [3.05, 3.63) is 16.4 Å². The highest BCUT2D eigenvalue weighted by Gasteiger charge is 2.42. The fourth-order valence-electron chi connectivity index (χ4n) is 3.64. The molecule has 0 amide bonds. The van der Waals surface area contributed by atoms with Gasteiger partial charge in [0.25, 0.3) is 0 Å². The first-order valence-corrected chi connectivity index (χ1v) is 8.47. The Morgan fingerprint density at radius 3 is 2.52 bits per heavy atom. The molecule has 0 saturated heterocycles. The Morgan fingerprint density at radius 2 is 2.05 bits per heavy atom. The van der Waals surface area contributed by atoms with E-state index in [1.165, 1.54) is 12.8 Å². The van der Waals surface area contributed by atoms with Crippen LogP contribution in [0, 0.1) is 0 Å². The summed E-state index contributed by atoms with van der Waals surface area (Å²) in [6.07, 6.45) is 6.48. The average molecular weight is 314 g/mol. The molecule has 1 N–H and O–H groups in total. The molecular formula is C16H28ClN3O. The number of likely N-dealkylation sites (N-methyl/N-ethyl adjacent to an activating group) is 1. The molecule has 0 spiro atoms. The SMILES string of the molecule is CCOC1(C(Cc2c(Cl)c(CC)nn2C)NC)CCCC1. The Kier molecular flexibility index (Phi) is 5.69. The van der Waals surface area contributed by atoms with E-state index >= 15 is 0 Å². The second-order valence-corrected chi connectivity index (χ2v) is 6.31. The van der Waals surface area contributed by atoms with Crippen LogP contribution < -0.4 is 5.32 Å². The molecule has 120 valence electrons. The van der Waals surface area contributed by atoms with Gasteiger partial charge in [-0.15, -0.1) is 0 Å². The minimum atomic E-state index is -0.0521. The summed E-state index contributed by atoms with van der Waals surface area (Å²) in [6, 6.07) is 0.276. The van der Waals surface area contributed by atoms with E-state index in [4.69, 9.17) is 16.3 Å². The van der Waals surface area contributed by atoms with Crippen LogP contribution in [0.5, 0.6) is 0 Å². The Balaban J connectivity index is 2.24. The Labute approximate surface area is 133 Å². The van der Waals surface area contributed by atoms with Gasteiger partial charge < -0.3 is 10.1 Å². The van der Waals surface area contributed by atoms with Crippen LogP contribution in [0.3, 0.4) is 0 Å². The molecule has 1 aromatic rings. The third-order valence-electron chi connectivity index (χ3n) is 4.77. The van der Waals surface area contributed by atoms with Gasteiger partial charge in [-0.2, -0.15) is 5.10 Å². The molecule has 0 radical (unpaired) electrons. The standard InChI is InChI=1S/C16H28ClN3O/c1-5-12-15(17)13(20(4)19-12)11-14(18-3)16(21-6-2)9-7-8-10-16/h14,18H,5-11H2,1-4H3. The first kappa shape index (κ1) is 16.8. The zero-order valence-corrected chi connectivity index (χ0v) is 14.5. The minimum absolute atomic E-state index is 0.0521. The molecule has 1 aliphatic carbocycles. The summed E-state index contributed by atoms with van der Waals surface area (Å²) in [5.74, 6) is 0. The molecule has 2 rings (SSSR count). The predicted molar refractivity (Wildman–Crippen MR) is 87.0 cm³/mol. The van der Waals surface area contributed by atoms with Crippen LogP contribution in [0.15, 0.2) is 0 Å². The molecular weight excluding hydrogens is 286 g/mol. The maximum atomic E-state index is 6.51. The number of hydrogen-bond donors (Lipinski definition) is 1. The van der Waals surface area contributed by atoms with Crippen molar-refractivity contribution in [1.82, 2.24) is 15.1 Å². The minimum Gasteiger partial charge on any atom is -0.374 e. The van der Waals surface area contributed by atoms with Gasteiger partial charge in [-0.25, -0.2) is 0 Å². The predicted octanol–water partition coefficient (Wildman–Crippen LogP) is 3.12. The van der Waals surface area contributed by atoms with Gasteiger partial charge in [-0.05, 0) is 33.2 Å². The molecule has 1 saturated carbocycles. The zero-order chi connectivity index (χ0) is 15.5. The van der Waals surface area contributed by atoms with Crippen LogP contribution in [-0.4, -0.2) is 35.1 Å². The van der Waals surface area contributed by atoms with Gasteiger partial charge in [0, 0.05) is 26.1 Å². The lowest BCUT2D eigenvalue weighted by molar-refractivity contribution is -0.0600. The lowest BCUT2D eigenvalue weighted by atomic mass is 9.88. The number of halogens is 1. The van der Waals surface area contributed by atoms with E-state index in [0.29, 0.717) is 0 Å². The molecule has 1 unspecified atom stereocenters. The Hall–Kier alpha value is -0.580. The summed E-state index contributed by atoms with van der Waals surface area (Å²) in [5.41, 5.74) is 2.04. The van der Waals surface area contributed by atoms with Crippen molar-refractivity contribution in [2.45, 2.75) is 64.0 Å². The fourth-order valence-corrected chi connectivity index (χ4v) is 4.01. The van der Waals surface area contributed by atoms with Crippen LogP contribution in [0.1, 0.15) is 50.9 Å². The summed E-state index contributed by atoms with van der Waals surface area (Å²) in [4.78, 5) is 0. The van der Waals surface area contributed by atoms with Gasteiger partial charge in [0.1, 0.15) is 0 Å². The number of nitrogens with zero attached hydrogens (tertiary/aromatic N) is 2. The van der Waals surface area contributed by atoms with Crippen LogP contribution >= 0.6 is 11.6 Å². The van der Waals surface area contributed by atoms with Crippen LogP contribution in [0.4, 0.5) is 0 Å². The number of ether oxygens (including phenoxy) is 1. The van der Waals surface area contributed by atoms with Gasteiger partial charge in [0.2, 0.25) is 0 Å². The van der Waals surface area contributed by atoms with E-state index in [1.807, 2.05) is 18.8 Å². The molecule has 1 atom stereocenters. The lowest BCUT2D eigenvalue weighted by Gasteiger charge is -2.37. The smallest absolute Gasteiger partial charge is 0.0850 e. The van der Waals surface area contributed by atoms with Crippen LogP contribution in [0.25, 0.3) is 0 Å². The topological polar surface area (TPSA) is 39.1 Å². The molecule has 1 aliphatic rings. The third-order valence-corrected chi connectivity index (χ3v) is 5.20. The summed E-state index contributed by atoms with van der Waals surface area (Å²) in [6.45, 7) is 4.93. The van der Waals surface area contributed by atoms with E-state index in [1.54, 1.807) is 0 Å². The molecule has 1 fully saturated rings. The van der Waals surface area contributed by atoms with Crippen molar-refractivity contribution < 1.29 is 4.74 Å². The first-order chi connectivity index (χ1) is 10.1. The summed E-state index contributed by atoms with van der Waals surface area (Å²) in [5, 5.41) is 8.83. The van der Waals surface area contributed by atoms with Crippen molar-refractivity contribution in [1.29, 1.82) is 0 Å². The maximum absolute atomic E-state index is 6.51. The van der Waals surface area contributed by atoms with E-state index in [2.05, 4.69) is 24.3 Å². The van der Waals surface area contributed by atoms with E-state index < -0.39 is 0 Å². The molecule has 5 heteroatoms. The quantitative estimate of drug-likeness (QED) is 0.840. The van der Waals surface area contributed by atoms with Gasteiger partial charge >= 0.3 is 0 Å². The highest BCUT2D eigenvalue weighted by atomic mass is 35.5. The second kappa shape index (κ2) is 7.12. The van der Waals surface area contributed by atoms with Gasteiger partial charge in [-0.3, -0.25) is 4.68 Å². The normalized spacial score (nSPS) is 19.1. The van der Waals surface area contributed by atoms with Gasteiger partial charge in [0.15, 0.2) is 0 Å². The second-order valence-electron chi connectivity index (χ2n) is 5.93. The van der Waals surface area contributed by atoms with Crippen LogP contribution in [0.2, 0.25) is 5.02 Å². The Bertz CT molecular complexity index is 466. The molecule has 1 aromatic heterocycles. The monoisotopic (exact) mass is 313 g/mol. The molecule has 0 aromatic carbocycles. The number of aromatic nitrogens is 2. The van der Waals surface area contributed by atoms with Crippen molar-refractivity contribution in [2.75, 3.05) is 13.7 Å².